The van der Waals surface area contributed by atoms with Crippen LogP contribution >= 0.6 is 0 Å². The standard InChI is InChI=1S/C23H32N2O4SSi/c1-22(2,3)31(4,5)29-18-23(15-10-7-11-16-23)17-14-20(26)21(25-24)30(27,28)19-12-8-6-9-13-19/h6,8-13,15-16H,7,14,17-18H2,1-5H3. The minimum atomic E-state index is -4.19. The fraction of sp³-hybridized carbons (Fsp3) is 0.478. The quantitative estimate of drug-likeness (QED) is 0.137. The second kappa shape index (κ2) is 9.57. The maximum Gasteiger partial charge on any atom is 0.451 e. The van der Waals surface area contributed by atoms with Crippen LogP contribution in [-0.4, -0.2) is 39.0 Å². The number of hydrogen-bond donors (Lipinski definition) is 0. The first-order chi connectivity index (χ1) is 14.3. The number of Topliss-reactive ketones (excluding diaryl/α,β-unsaturated/α-hetero) is 1. The van der Waals surface area contributed by atoms with Gasteiger partial charge >= 0.3 is 5.04 Å². The van der Waals surface area contributed by atoms with Gasteiger partial charge in [0.25, 0.3) is 15.6 Å². The molecule has 0 amide bonds. The fourth-order valence-corrected chi connectivity index (χ4v) is 5.34. The van der Waals surface area contributed by atoms with Crippen LogP contribution < -0.4 is 0 Å². The molecule has 1 aliphatic carbocycles. The number of carbonyl (C=O) groups is 1. The van der Waals surface area contributed by atoms with Crippen molar-refractivity contribution < 1.29 is 22.4 Å². The lowest BCUT2D eigenvalue weighted by atomic mass is 9.80. The van der Waals surface area contributed by atoms with Gasteiger partial charge in [-0.1, -0.05) is 63.3 Å². The van der Waals surface area contributed by atoms with Crippen LogP contribution in [0.1, 0.15) is 40.0 Å². The molecule has 0 saturated heterocycles. The molecule has 1 aromatic rings. The lowest BCUT2D eigenvalue weighted by Crippen LogP contribution is -2.43. The van der Waals surface area contributed by atoms with Crippen molar-refractivity contribution in [1.29, 1.82) is 0 Å². The molecule has 1 aliphatic rings. The van der Waals surface area contributed by atoms with Gasteiger partial charge in [-0.05, 0) is 43.1 Å². The Morgan fingerprint density at radius 1 is 1.16 bits per heavy atom. The van der Waals surface area contributed by atoms with E-state index in [-0.39, 0.29) is 16.4 Å². The van der Waals surface area contributed by atoms with Crippen molar-refractivity contribution in [2.24, 2.45) is 5.41 Å². The third-order valence-electron chi connectivity index (χ3n) is 6.13. The summed E-state index contributed by atoms with van der Waals surface area (Å²) in [6.07, 6.45) is 9.21. The first kappa shape index (κ1) is 25.1. The van der Waals surface area contributed by atoms with Crippen molar-refractivity contribution in [2.45, 2.75) is 63.1 Å². The van der Waals surface area contributed by atoms with E-state index in [1.165, 1.54) is 12.1 Å². The molecule has 0 unspecified atom stereocenters. The lowest BCUT2D eigenvalue weighted by Gasteiger charge is -2.40. The summed E-state index contributed by atoms with van der Waals surface area (Å²) in [5, 5.41) is -0.782. The molecular formula is C23H32N2O4SSi. The van der Waals surface area contributed by atoms with Crippen molar-refractivity contribution in [1.82, 2.24) is 0 Å². The Bertz CT molecular complexity index is 1000. The molecule has 0 bridgehead atoms. The smallest absolute Gasteiger partial charge is 0.416 e. The summed E-state index contributed by atoms with van der Waals surface area (Å²) in [6.45, 7) is 11.3. The molecule has 1 aromatic carbocycles. The highest BCUT2D eigenvalue weighted by atomic mass is 32.2. The zero-order valence-electron chi connectivity index (χ0n) is 19.0. The normalized spacial score (nSPS) is 16.0. The predicted octanol–water partition coefficient (Wildman–Crippen LogP) is 4.96. The molecular weight excluding hydrogens is 428 g/mol. The summed E-state index contributed by atoms with van der Waals surface area (Å²) in [4.78, 5) is 15.6. The monoisotopic (exact) mass is 460 g/mol. The third kappa shape index (κ3) is 5.98. The molecule has 0 aromatic heterocycles. The molecule has 0 spiro atoms. The van der Waals surface area contributed by atoms with Crippen LogP contribution in [0.4, 0.5) is 0 Å². The molecule has 0 saturated carbocycles. The Morgan fingerprint density at radius 3 is 2.26 bits per heavy atom. The first-order valence-corrected chi connectivity index (χ1v) is 14.8. The maximum atomic E-state index is 12.8. The Morgan fingerprint density at radius 2 is 1.74 bits per heavy atom. The summed E-state index contributed by atoms with van der Waals surface area (Å²) in [7, 11) is -6.20. The van der Waals surface area contributed by atoms with Gasteiger partial charge in [0.2, 0.25) is 0 Å². The van der Waals surface area contributed by atoms with Crippen molar-refractivity contribution in [3.63, 3.8) is 0 Å². The van der Waals surface area contributed by atoms with Gasteiger partial charge in [0.1, 0.15) is 0 Å². The van der Waals surface area contributed by atoms with Gasteiger partial charge in [-0.2, -0.15) is 0 Å². The van der Waals surface area contributed by atoms with E-state index in [9.17, 15) is 18.7 Å². The zero-order valence-corrected chi connectivity index (χ0v) is 20.8. The molecule has 6 nitrogen and oxygen atoms in total. The van der Waals surface area contributed by atoms with Crippen LogP contribution in [0.25, 0.3) is 5.53 Å². The van der Waals surface area contributed by atoms with Crippen molar-refractivity contribution in [2.75, 3.05) is 6.61 Å². The number of ketones is 1. The number of allylic oxidation sites excluding steroid dienone is 2. The van der Waals surface area contributed by atoms with Gasteiger partial charge in [0.05, 0.1) is 4.90 Å². The minimum absolute atomic E-state index is 0.0482. The summed E-state index contributed by atoms with van der Waals surface area (Å²) in [5.74, 6) is -0.717. The van der Waals surface area contributed by atoms with E-state index >= 15 is 0 Å². The molecule has 0 atom stereocenters. The van der Waals surface area contributed by atoms with Crippen molar-refractivity contribution in [3.05, 3.63) is 60.2 Å². The molecule has 0 aliphatic heterocycles. The Kier molecular flexibility index (Phi) is 7.76. The van der Waals surface area contributed by atoms with Crippen LogP contribution in [0.5, 0.6) is 0 Å². The third-order valence-corrected chi connectivity index (χ3v) is 12.3. The van der Waals surface area contributed by atoms with E-state index in [1.54, 1.807) is 18.2 Å². The SMILES string of the molecule is CC(C)(C)[Si](C)(C)OCC1(CCC(=O)C(=[N+]=[N-])S(=O)(=O)c2ccccc2)C=CCC=C1. The topological polar surface area (TPSA) is 96.8 Å². The Hall–Kier alpha value is -2.12. The van der Waals surface area contributed by atoms with E-state index in [0.29, 0.717) is 13.0 Å². The number of benzene rings is 1. The zero-order chi connectivity index (χ0) is 23.3. The first-order valence-electron chi connectivity index (χ1n) is 10.4. The number of rotatable bonds is 8. The number of sulfone groups is 1. The molecule has 0 heterocycles. The number of hydrogen-bond acceptors (Lipinski definition) is 4. The summed E-state index contributed by atoms with van der Waals surface area (Å²) < 4.78 is 31.9. The van der Waals surface area contributed by atoms with Crippen LogP contribution in [0, 0.1) is 5.41 Å². The van der Waals surface area contributed by atoms with Gasteiger partial charge in [0, 0.05) is 18.4 Å². The van der Waals surface area contributed by atoms with E-state index in [4.69, 9.17) is 4.43 Å². The van der Waals surface area contributed by atoms with Gasteiger partial charge < -0.3 is 9.96 Å². The number of nitrogens with zero attached hydrogens (tertiary/aromatic N) is 2. The number of carbonyl (C=O) groups excluding carboxylic acids is 1. The molecule has 2 rings (SSSR count). The van der Waals surface area contributed by atoms with Gasteiger partial charge in [-0.15, -0.1) is 4.79 Å². The van der Waals surface area contributed by atoms with E-state index in [1.807, 2.05) is 24.3 Å². The van der Waals surface area contributed by atoms with E-state index in [2.05, 4.69) is 38.7 Å². The molecule has 31 heavy (non-hydrogen) atoms. The molecule has 8 heteroatoms. The van der Waals surface area contributed by atoms with E-state index in [0.717, 1.165) is 6.42 Å². The second-order valence-corrected chi connectivity index (χ2v) is 16.1. The van der Waals surface area contributed by atoms with Crippen LogP contribution in [0.15, 0.2) is 59.5 Å². The summed E-state index contributed by atoms with van der Waals surface area (Å²) >= 11 is 0. The van der Waals surface area contributed by atoms with Gasteiger partial charge in [0.15, 0.2) is 8.32 Å². The molecule has 0 fully saturated rings. The largest absolute Gasteiger partial charge is 0.451 e. The minimum Gasteiger partial charge on any atom is -0.416 e. The van der Waals surface area contributed by atoms with Gasteiger partial charge in [-0.25, -0.2) is 8.42 Å². The molecule has 168 valence electrons. The second-order valence-electron chi connectivity index (χ2n) is 9.47. The molecule has 0 radical (unpaired) electrons. The summed E-state index contributed by atoms with van der Waals surface area (Å²) in [6, 6.07) is 7.52. The Labute approximate surface area is 186 Å². The highest BCUT2D eigenvalue weighted by molar-refractivity contribution is 8.08. The highest BCUT2D eigenvalue weighted by Gasteiger charge is 2.41. The van der Waals surface area contributed by atoms with Gasteiger partial charge in [-0.3, -0.25) is 4.79 Å². The van der Waals surface area contributed by atoms with Crippen molar-refractivity contribution in [3.8, 4) is 0 Å². The van der Waals surface area contributed by atoms with Crippen LogP contribution in [-0.2, 0) is 19.1 Å². The Balaban J connectivity index is 2.19. The fourth-order valence-electron chi connectivity index (χ4n) is 3.03. The van der Waals surface area contributed by atoms with Crippen LogP contribution in [0.3, 0.4) is 0 Å². The molecule has 0 N–H and O–H groups in total. The summed E-state index contributed by atoms with van der Waals surface area (Å²) in [5.41, 5.74) is 8.84. The van der Waals surface area contributed by atoms with Crippen LogP contribution in [0.2, 0.25) is 18.1 Å². The predicted molar refractivity (Wildman–Crippen MR) is 125 cm³/mol. The average molecular weight is 461 g/mol. The lowest BCUT2D eigenvalue weighted by molar-refractivity contribution is -0.117. The average Bonchev–Trinajstić information content (AvgIpc) is 2.72. The highest BCUT2D eigenvalue weighted by Crippen LogP contribution is 2.39. The van der Waals surface area contributed by atoms with Crippen molar-refractivity contribution >= 4 is 29.0 Å². The van der Waals surface area contributed by atoms with E-state index < -0.39 is 34.4 Å². The maximum absolute atomic E-state index is 12.8.